The summed E-state index contributed by atoms with van der Waals surface area (Å²) < 4.78 is 1.12. The van der Waals surface area contributed by atoms with E-state index in [0.29, 0.717) is 6.54 Å². The van der Waals surface area contributed by atoms with Gasteiger partial charge in [0.2, 0.25) is 0 Å². The van der Waals surface area contributed by atoms with E-state index < -0.39 is 0 Å². The summed E-state index contributed by atoms with van der Waals surface area (Å²) in [6.45, 7) is 3.03. The highest BCUT2D eigenvalue weighted by Crippen LogP contribution is 2.38. The van der Waals surface area contributed by atoms with Crippen molar-refractivity contribution in [2.75, 3.05) is 19.6 Å². The molecule has 0 radical (unpaired) electrons. The van der Waals surface area contributed by atoms with Crippen molar-refractivity contribution in [3.63, 3.8) is 0 Å². The van der Waals surface area contributed by atoms with E-state index in [1.165, 1.54) is 44.3 Å². The number of nitrogens with zero attached hydrogens (tertiary/aromatic N) is 1. The second-order valence-electron chi connectivity index (χ2n) is 6.26. The van der Waals surface area contributed by atoms with Gasteiger partial charge in [-0.15, -0.1) is 0 Å². The molecular weight excluding hydrogens is 336 g/mol. The topological polar surface area (TPSA) is 29.3 Å². The molecule has 20 heavy (non-hydrogen) atoms. The molecule has 0 bridgehead atoms. The maximum atomic E-state index is 6.18. The summed E-state index contributed by atoms with van der Waals surface area (Å²) in [6.07, 6.45) is 5.54. The van der Waals surface area contributed by atoms with Crippen LogP contribution in [0.5, 0.6) is 0 Å². The second kappa shape index (κ2) is 6.35. The summed E-state index contributed by atoms with van der Waals surface area (Å²) in [5.74, 6) is 1.78. The molecule has 2 fully saturated rings. The van der Waals surface area contributed by atoms with E-state index in [-0.39, 0.29) is 6.04 Å². The van der Waals surface area contributed by atoms with E-state index in [1.54, 1.807) is 0 Å². The third-order valence-corrected chi connectivity index (χ3v) is 5.32. The maximum Gasteiger partial charge on any atom is 0.0482 e. The average Bonchev–Trinajstić information content (AvgIpc) is 3.30. The van der Waals surface area contributed by atoms with E-state index in [0.717, 1.165) is 21.3 Å². The third kappa shape index (κ3) is 3.76. The first kappa shape index (κ1) is 14.8. The molecule has 2 N–H and O–H groups in total. The maximum absolute atomic E-state index is 6.18. The lowest BCUT2D eigenvalue weighted by Gasteiger charge is -2.32. The van der Waals surface area contributed by atoms with Crippen LogP contribution in [-0.4, -0.2) is 24.5 Å². The molecule has 2 saturated carbocycles. The van der Waals surface area contributed by atoms with Crippen LogP contribution in [0, 0.1) is 11.8 Å². The Morgan fingerprint density at radius 2 is 1.80 bits per heavy atom. The Balaban J connectivity index is 1.81. The van der Waals surface area contributed by atoms with Crippen LogP contribution in [0.25, 0.3) is 0 Å². The molecular formula is C16H22BrClN2. The van der Waals surface area contributed by atoms with Crippen molar-refractivity contribution in [2.24, 2.45) is 17.6 Å². The monoisotopic (exact) mass is 356 g/mol. The van der Waals surface area contributed by atoms with Crippen molar-refractivity contribution in [3.05, 3.63) is 33.3 Å². The molecule has 0 aromatic heterocycles. The van der Waals surface area contributed by atoms with Gasteiger partial charge in [-0.05, 0) is 61.3 Å². The van der Waals surface area contributed by atoms with E-state index in [9.17, 15) is 0 Å². The molecule has 1 aromatic rings. The van der Waals surface area contributed by atoms with Crippen LogP contribution in [0.2, 0.25) is 5.02 Å². The molecule has 2 nitrogen and oxygen atoms in total. The molecule has 0 spiro atoms. The Bertz CT molecular complexity index is 458. The Morgan fingerprint density at radius 3 is 2.30 bits per heavy atom. The minimum atomic E-state index is 0.282. The smallest absolute Gasteiger partial charge is 0.0482 e. The minimum Gasteiger partial charge on any atom is -0.329 e. The standard InChI is InChI=1S/C16H22BrClN2/c17-15-6-5-13(18)7-14(15)16(8-19)20(9-11-1-2-11)10-12-3-4-12/h5-7,11-12,16H,1-4,8-10,19H2. The summed E-state index contributed by atoms with van der Waals surface area (Å²) in [4.78, 5) is 2.60. The zero-order valence-corrected chi connectivity index (χ0v) is 14.0. The number of benzene rings is 1. The largest absolute Gasteiger partial charge is 0.329 e. The average molecular weight is 358 g/mol. The number of halogens is 2. The van der Waals surface area contributed by atoms with Gasteiger partial charge in [-0.2, -0.15) is 0 Å². The molecule has 0 saturated heterocycles. The van der Waals surface area contributed by atoms with E-state index in [4.69, 9.17) is 17.3 Å². The summed E-state index contributed by atoms with van der Waals surface area (Å²) in [7, 11) is 0. The van der Waals surface area contributed by atoms with Crippen molar-refractivity contribution in [2.45, 2.75) is 31.7 Å². The van der Waals surface area contributed by atoms with Crippen LogP contribution < -0.4 is 5.73 Å². The van der Waals surface area contributed by atoms with E-state index >= 15 is 0 Å². The molecule has 4 heteroatoms. The van der Waals surface area contributed by atoms with E-state index in [2.05, 4.69) is 26.9 Å². The second-order valence-corrected chi connectivity index (χ2v) is 7.55. The lowest BCUT2D eigenvalue weighted by Crippen LogP contribution is -2.37. The van der Waals surface area contributed by atoms with Crippen molar-refractivity contribution >= 4 is 27.5 Å². The van der Waals surface area contributed by atoms with Gasteiger partial charge in [-0.25, -0.2) is 0 Å². The first-order valence-corrected chi connectivity index (χ1v) is 8.73. The van der Waals surface area contributed by atoms with Crippen molar-refractivity contribution in [1.82, 2.24) is 4.90 Å². The van der Waals surface area contributed by atoms with Gasteiger partial charge in [0.25, 0.3) is 0 Å². The van der Waals surface area contributed by atoms with Crippen molar-refractivity contribution < 1.29 is 0 Å². The zero-order valence-electron chi connectivity index (χ0n) is 11.7. The first-order valence-electron chi connectivity index (χ1n) is 7.56. The quantitative estimate of drug-likeness (QED) is 0.791. The first-order chi connectivity index (χ1) is 9.67. The number of hydrogen-bond donors (Lipinski definition) is 1. The lowest BCUT2D eigenvalue weighted by molar-refractivity contribution is 0.184. The molecule has 2 aliphatic carbocycles. The van der Waals surface area contributed by atoms with Gasteiger partial charge in [0.15, 0.2) is 0 Å². The number of rotatable bonds is 7. The van der Waals surface area contributed by atoms with Crippen LogP contribution >= 0.6 is 27.5 Å². The summed E-state index contributed by atoms with van der Waals surface area (Å²) in [5, 5.41) is 0.791. The lowest BCUT2D eigenvalue weighted by atomic mass is 10.0. The minimum absolute atomic E-state index is 0.282. The third-order valence-electron chi connectivity index (χ3n) is 4.36. The Labute approximate surface area is 134 Å². The van der Waals surface area contributed by atoms with Crippen LogP contribution in [0.3, 0.4) is 0 Å². The Morgan fingerprint density at radius 1 is 1.20 bits per heavy atom. The highest BCUT2D eigenvalue weighted by Gasteiger charge is 2.33. The molecule has 110 valence electrons. The van der Waals surface area contributed by atoms with E-state index in [1.807, 2.05) is 12.1 Å². The highest BCUT2D eigenvalue weighted by atomic mass is 79.9. The van der Waals surface area contributed by atoms with Gasteiger partial charge in [-0.1, -0.05) is 27.5 Å². The molecule has 0 amide bonds. The summed E-state index contributed by atoms with van der Waals surface area (Å²) in [6, 6.07) is 6.31. The molecule has 3 rings (SSSR count). The van der Waals surface area contributed by atoms with Crippen LogP contribution in [0.4, 0.5) is 0 Å². The summed E-state index contributed by atoms with van der Waals surface area (Å²) in [5.41, 5.74) is 7.35. The number of hydrogen-bond acceptors (Lipinski definition) is 2. The van der Waals surface area contributed by atoms with Crippen LogP contribution in [0.15, 0.2) is 22.7 Å². The molecule has 2 aliphatic rings. The predicted octanol–water partition coefficient (Wildman–Crippen LogP) is 4.22. The Hall–Kier alpha value is -0.0900. The van der Waals surface area contributed by atoms with Gasteiger partial charge < -0.3 is 5.73 Å². The molecule has 1 atom stereocenters. The molecule has 0 heterocycles. The molecule has 1 unspecified atom stereocenters. The SMILES string of the molecule is NCC(c1cc(Cl)ccc1Br)N(CC1CC1)CC1CC1. The van der Waals surface area contributed by atoms with Gasteiger partial charge in [0, 0.05) is 35.2 Å². The van der Waals surface area contributed by atoms with Crippen molar-refractivity contribution in [1.29, 1.82) is 0 Å². The zero-order chi connectivity index (χ0) is 14.1. The molecule has 0 aliphatic heterocycles. The van der Waals surface area contributed by atoms with Crippen LogP contribution in [0.1, 0.15) is 37.3 Å². The van der Waals surface area contributed by atoms with Crippen LogP contribution in [-0.2, 0) is 0 Å². The van der Waals surface area contributed by atoms with Gasteiger partial charge in [-0.3, -0.25) is 4.90 Å². The predicted molar refractivity (Wildman–Crippen MR) is 88.0 cm³/mol. The fourth-order valence-corrected chi connectivity index (χ4v) is 3.53. The van der Waals surface area contributed by atoms with Gasteiger partial charge in [0.05, 0.1) is 0 Å². The van der Waals surface area contributed by atoms with Gasteiger partial charge >= 0.3 is 0 Å². The van der Waals surface area contributed by atoms with Crippen molar-refractivity contribution in [3.8, 4) is 0 Å². The fourth-order valence-electron chi connectivity index (χ4n) is 2.84. The highest BCUT2D eigenvalue weighted by molar-refractivity contribution is 9.10. The van der Waals surface area contributed by atoms with Gasteiger partial charge in [0.1, 0.15) is 0 Å². The number of nitrogens with two attached hydrogens (primary N) is 1. The summed E-state index contributed by atoms with van der Waals surface area (Å²) >= 11 is 9.84. The Kier molecular flexibility index (Phi) is 4.71. The fraction of sp³-hybridized carbons (Fsp3) is 0.625. The molecule has 1 aromatic carbocycles. The normalized spacial score (nSPS) is 20.4.